The van der Waals surface area contributed by atoms with Crippen LogP contribution in [-0.4, -0.2) is 28.7 Å². The summed E-state index contributed by atoms with van der Waals surface area (Å²) in [5.74, 6) is -1.23. The highest BCUT2D eigenvalue weighted by atomic mass is 16.2. The number of nitrogens with two attached hydrogens (primary N) is 1. The summed E-state index contributed by atoms with van der Waals surface area (Å²) in [7, 11) is 0. The Kier molecular flexibility index (Phi) is 1.97. The van der Waals surface area contributed by atoms with Gasteiger partial charge in [-0.1, -0.05) is 12.2 Å². The first-order valence-corrected chi connectivity index (χ1v) is 5.87. The fourth-order valence-electron chi connectivity index (χ4n) is 3.43. The Morgan fingerprint density at radius 2 is 1.76 bits per heavy atom. The van der Waals surface area contributed by atoms with Crippen molar-refractivity contribution in [2.24, 2.45) is 29.4 Å². The van der Waals surface area contributed by atoms with Crippen molar-refractivity contribution < 1.29 is 14.4 Å². The van der Waals surface area contributed by atoms with Gasteiger partial charge in [0.1, 0.15) is 6.04 Å². The molecule has 0 unspecified atom stereocenters. The number of primary amides is 1. The SMILES string of the molecule is C[C@@H](C(N)=O)N1C(=O)[C@@H]2[C@H](C1=O)[C@H]1C=C[C@@H]2C1. The summed E-state index contributed by atoms with van der Waals surface area (Å²) >= 11 is 0. The molecule has 3 amide bonds. The van der Waals surface area contributed by atoms with Gasteiger partial charge in [0.05, 0.1) is 11.8 Å². The van der Waals surface area contributed by atoms with E-state index in [9.17, 15) is 14.4 Å². The molecule has 17 heavy (non-hydrogen) atoms. The first-order valence-electron chi connectivity index (χ1n) is 5.87. The molecule has 2 fully saturated rings. The lowest BCUT2D eigenvalue weighted by atomic mass is 9.85. The van der Waals surface area contributed by atoms with Crippen LogP contribution < -0.4 is 5.73 Å². The number of amides is 3. The first-order chi connectivity index (χ1) is 8.02. The zero-order valence-corrected chi connectivity index (χ0v) is 9.50. The van der Waals surface area contributed by atoms with Gasteiger partial charge in [0, 0.05) is 0 Å². The van der Waals surface area contributed by atoms with Gasteiger partial charge in [-0.15, -0.1) is 0 Å². The van der Waals surface area contributed by atoms with Gasteiger partial charge in [0.15, 0.2) is 0 Å². The van der Waals surface area contributed by atoms with Crippen molar-refractivity contribution in [2.75, 3.05) is 0 Å². The van der Waals surface area contributed by atoms with Crippen LogP contribution >= 0.6 is 0 Å². The Balaban J connectivity index is 1.95. The highest BCUT2D eigenvalue weighted by Gasteiger charge is 2.60. The number of carbonyl (C=O) groups excluding carboxylic acids is 3. The molecule has 3 aliphatic rings. The number of rotatable bonds is 2. The molecule has 2 N–H and O–H groups in total. The van der Waals surface area contributed by atoms with Gasteiger partial charge in [-0.2, -0.15) is 0 Å². The minimum absolute atomic E-state index is 0.173. The van der Waals surface area contributed by atoms with Crippen molar-refractivity contribution in [3.63, 3.8) is 0 Å². The van der Waals surface area contributed by atoms with Crippen molar-refractivity contribution >= 4 is 17.7 Å². The normalized spacial score (nSPS) is 39.9. The molecule has 90 valence electrons. The number of nitrogens with zero attached hydrogens (tertiary/aromatic N) is 1. The van der Waals surface area contributed by atoms with Gasteiger partial charge in [-0.25, -0.2) is 0 Å². The van der Waals surface area contributed by atoms with Crippen LogP contribution in [0.4, 0.5) is 0 Å². The van der Waals surface area contributed by atoms with E-state index in [0.717, 1.165) is 11.3 Å². The molecule has 1 saturated heterocycles. The van der Waals surface area contributed by atoms with E-state index in [4.69, 9.17) is 5.73 Å². The molecule has 1 saturated carbocycles. The predicted molar refractivity (Wildman–Crippen MR) is 58.2 cm³/mol. The fraction of sp³-hybridized carbons (Fsp3) is 0.583. The predicted octanol–water partition coefficient (Wildman–Crippen LogP) is -0.333. The average molecular weight is 234 g/mol. The van der Waals surface area contributed by atoms with Crippen LogP contribution in [0.25, 0.3) is 0 Å². The van der Waals surface area contributed by atoms with E-state index >= 15 is 0 Å². The van der Waals surface area contributed by atoms with Crippen LogP contribution in [-0.2, 0) is 14.4 Å². The number of carbonyl (C=O) groups is 3. The number of hydrogen-bond acceptors (Lipinski definition) is 3. The molecule has 0 aromatic rings. The minimum atomic E-state index is -0.833. The quantitative estimate of drug-likeness (QED) is 0.524. The summed E-state index contributed by atoms with van der Waals surface area (Å²) in [5.41, 5.74) is 5.17. The highest BCUT2D eigenvalue weighted by Crippen LogP contribution is 2.52. The molecule has 1 aliphatic heterocycles. The third-order valence-electron chi connectivity index (χ3n) is 4.30. The molecule has 0 aromatic carbocycles. The Hall–Kier alpha value is -1.65. The van der Waals surface area contributed by atoms with E-state index in [2.05, 4.69) is 0 Å². The summed E-state index contributed by atoms with van der Waals surface area (Å²) < 4.78 is 0. The third-order valence-corrected chi connectivity index (χ3v) is 4.30. The van der Waals surface area contributed by atoms with E-state index in [1.165, 1.54) is 6.92 Å². The van der Waals surface area contributed by atoms with Crippen molar-refractivity contribution in [1.29, 1.82) is 0 Å². The smallest absolute Gasteiger partial charge is 0.240 e. The molecule has 0 radical (unpaired) electrons. The van der Waals surface area contributed by atoms with Crippen LogP contribution in [0, 0.1) is 23.7 Å². The van der Waals surface area contributed by atoms with E-state index in [0.29, 0.717) is 0 Å². The van der Waals surface area contributed by atoms with E-state index in [1.54, 1.807) is 0 Å². The Bertz CT molecular complexity index is 427. The number of allylic oxidation sites excluding steroid dienone is 2. The molecule has 1 heterocycles. The number of fused-ring (bicyclic) bond motifs is 5. The largest absolute Gasteiger partial charge is 0.368 e. The molecule has 0 spiro atoms. The van der Waals surface area contributed by atoms with Crippen LogP contribution in [0.5, 0.6) is 0 Å². The minimum Gasteiger partial charge on any atom is -0.368 e. The van der Waals surface area contributed by atoms with Gasteiger partial charge in [-0.05, 0) is 25.2 Å². The number of imide groups is 1. The van der Waals surface area contributed by atoms with Crippen LogP contribution in [0.1, 0.15) is 13.3 Å². The standard InChI is InChI=1S/C12H14N2O3/c1-5(10(13)15)14-11(16)8-6-2-3-7(4-6)9(8)12(14)17/h2-3,5-9H,4H2,1H3,(H2,13,15)/t5-,6-,7+,8+,9-/m0/s1. The summed E-state index contributed by atoms with van der Waals surface area (Å²) in [5, 5.41) is 0. The van der Waals surface area contributed by atoms with Gasteiger partial charge in [0.2, 0.25) is 17.7 Å². The van der Waals surface area contributed by atoms with Crippen LogP contribution in [0.2, 0.25) is 0 Å². The third kappa shape index (κ3) is 1.16. The monoisotopic (exact) mass is 234 g/mol. The molecule has 5 nitrogen and oxygen atoms in total. The molecular weight excluding hydrogens is 220 g/mol. The zero-order chi connectivity index (χ0) is 12.3. The van der Waals surface area contributed by atoms with E-state index in [1.807, 2.05) is 12.2 Å². The van der Waals surface area contributed by atoms with Gasteiger partial charge < -0.3 is 5.73 Å². The lowest BCUT2D eigenvalue weighted by Crippen LogP contribution is -2.47. The second-order valence-corrected chi connectivity index (χ2v) is 5.12. The molecule has 2 bridgehead atoms. The van der Waals surface area contributed by atoms with Crippen molar-refractivity contribution in [2.45, 2.75) is 19.4 Å². The van der Waals surface area contributed by atoms with Crippen molar-refractivity contribution in [1.82, 2.24) is 4.90 Å². The molecular formula is C12H14N2O3. The topological polar surface area (TPSA) is 80.5 Å². The second-order valence-electron chi connectivity index (χ2n) is 5.12. The summed E-state index contributed by atoms with van der Waals surface area (Å²) in [6, 6.07) is -0.833. The first kappa shape index (κ1) is 10.5. The van der Waals surface area contributed by atoms with Crippen molar-refractivity contribution in [3.05, 3.63) is 12.2 Å². The zero-order valence-electron chi connectivity index (χ0n) is 9.50. The Morgan fingerprint density at radius 3 is 2.18 bits per heavy atom. The van der Waals surface area contributed by atoms with Crippen LogP contribution in [0.15, 0.2) is 12.2 Å². The maximum atomic E-state index is 12.2. The lowest BCUT2D eigenvalue weighted by molar-refractivity contribution is -0.147. The van der Waals surface area contributed by atoms with E-state index < -0.39 is 11.9 Å². The maximum Gasteiger partial charge on any atom is 0.240 e. The molecule has 2 aliphatic carbocycles. The molecule has 0 aromatic heterocycles. The average Bonchev–Trinajstić information content (AvgIpc) is 2.92. The number of hydrogen-bond donors (Lipinski definition) is 1. The van der Waals surface area contributed by atoms with Crippen molar-refractivity contribution in [3.8, 4) is 0 Å². The highest BCUT2D eigenvalue weighted by molar-refractivity contribution is 6.09. The van der Waals surface area contributed by atoms with Gasteiger partial charge in [0.25, 0.3) is 0 Å². The fourth-order valence-corrected chi connectivity index (χ4v) is 3.43. The maximum absolute atomic E-state index is 12.2. The molecule has 3 rings (SSSR count). The number of likely N-dealkylation sites (tertiary alicyclic amines) is 1. The summed E-state index contributed by atoms with van der Waals surface area (Å²) in [6.07, 6.45) is 4.94. The molecule has 5 heteroatoms. The molecule has 5 atom stereocenters. The summed E-state index contributed by atoms with van der Waals surface area (Å²) in [6.45, 7) is 1.51. The van der Waals surface area contributed by atoms with E-state index in [-0.39, 0.29) is 35.5 Å². The van der Waals surface area contributed by atoms with Gasteiger partial charge >= 0.3 is 0 Å². The van der Waals surface area contributed by atoms with Gasteiger partial charge in [-0.3, -0.25) is 19.3 Å². The Morgan fingerprint density at radius 1 is 1.29 bits per heavy atom. The lowest BCUT2D eigenvalue weighted by Gasteiger charge is -2.21. The summed E-state index contributed by atoms with van der Waals surface area (Å²) in [4.78, 5) is 36.6. The second kappa shape index (κ2) is 3.18. The Labute approximate surface area is 98.6 Å². The van der Waals surface area contributed by atoms with Crippen LogP contribution in [0.3, 0.4) is 0 Å².